The molecule has 3 aromatic rings. The molecule has 1 N–H and O–H groups in total. The van der Waals surface area contributed by atoms with Gasteiger partial charge in [0.2, 0.25) is 5.91 Å². The van der Waals surface area contributed by atoms with Crippen LogP contribution in [0.15, 0.2) is 41.0 Å². The second-order valence-corrected chi connectivity index (χ2v) is 7.77. The molecule has 0 bridgehead atoms. The minimum atomic E-state index is -0.0867. The van der Waals surface area contributed by atoms with Crippen molar-refractivity contribution in [3.8, 4) is 16.9 Å². The van der Waals surface area contributed by atoms with Crippen LogP contribution in [0.5, 0.6) is 5.75 Å². The summed E-state index contributed by atoms with van der Waals surface area (Å²) in [4.78, 5) is 12.3. The highest BCUT2D eigenvalue weighted by Gasteiger charge is 2.19. The van der Waals surface area contributed by atoms with Crippen LogP contribution in [-0.4, -0.2) is 19.1 Å². The molecule has 30 heavy (non-hydrogen) atoms. The maximum Gasteiger partial charge on any atom is 0.244 e. The van der Waals surface area contributed by atoms with Crippen LogP contribution in [0.4, 0.5) is 0 Å². The fourth-order valence-corrected chi connectivity index (χ4v) is 3.84. The first kappa shape index (κ1) is 21.7. The van der Waals surface area contributed by atoms with Crippen molar-refractivity contribution in [1.29, 1.82) is 0 Å². The number of rotatable bonds is 7. The molecule has 2 aromatic carbocycles. The van der Waals surface area contributed by atoms with Crippen molar-refractivity contribution in [2.75, 3.05) is 13.2 Å². The Morgan fingerprint density at radius 1 is 1.13 bits per heavy atom. The van der Waals surface area contributed by atoms with Crippen LogP contribution in [0.1, 0.15) is 49.4 Å². The van der Waals surface area contributed by atoms with E-state index >= 15 is 0 Å². The third-order valence-electron chi connectivity index (χ3n) is 5.33. The number of nitrogens with one attached hydrogen (secondary N) is 1. The van der Waals surface area contributed by atoms with E-state index in [4.69, 9.17) is 9.15 Å². The molecule has 4 nitrogen and oxygen atoms in total. The molecule has 4 heteroatoms. The average Bonchev–Trinajstić information content (AvgIpc) is 3.12. The maximum atomic E-state index is 12.3. The molecule has 0 saturated heterocycles. The lowest BCUT2D eigenvalue weighted by molar-refractivity contribution is -0.116. The number of hydrogen-bond donors (Lipinski definition) is 1. The first-order valence-electron chi connectivity index (χ1n) is 10.6. The van der Waals surface area contributed by atoms with Crippen LogP contribution < -0.4 is 10.1 Å². The minimum Gasteiger partial charge on any atom is -0.493 e. The summed E-state index contributed by atoms with van der Waals surface area (Å²) in [6, 6.07) is 8.53. The van der Waals surface area contributed by atoms with E-state index in [1.165, 1.54) is 11.1 Å². The minimum absolute atomic E-state index is 0.0867. The molecule has 0 aliphatic rings. The zero-order valence-corrected chi connectivity index (χ0v) is 18.8. The molecule has 0 atom stereocenters. The highest BCUT2D eigenvalue weighted by Crippen LogP contribution is 2.41. The quantitative estimate of drug-likeness (QED) is 0.466. The average molecular weight is 406 g/mol. The number of carbonyl (C=O) groups excluding carboxylic acids is 1. The summed E-state index contributed by atoms with van der Waals surface area (Å²) in [5, 5.41) is 3.93. The van der Waals surface area contributed by atoms with Crippen molar-refractivity contribution in [1.82, 2.24) is 5.32 Å². The Labute approximate surface area is 178 Å². The molecular formula is C26H31NO3. The molecule has 0 aliphatic carbocycles. The first-order chi connectivity index (χ1) is 14.4. The lowest BCUT2D eigenvalue weighted by Crippen LogP contribution is -2.21. The molecular weight excluding hydrogens is 374 g/mol. The highest BCUT2D eigenvalue weighted by atomic mass is 16.5. The number of ether oxygens (including phenoxy) is 1. The number of allylic oxidation sites excluding steroid dienone is 1. The van der Waals surface area contributed by atoms with Gasteiger partial charge in [0.1, 0.15) is 11.3 Å². The van der Waals surface area contributed by atoms with Gasteiger partial charge in [-0.25, -0.2) is 0 Å². The largest absolute Gasteiger partial charge is 0.493 e. The molecule has 0 spiro atoms. The Morgan fingerprint density at radius 2 is 1.90 bits per heavy atom. The first-order valence-corrected chi connectivity index (χ1v) is 10.6. The Balaban J connectivity index is 2.19. The lowest BCUT2D eigenvalue weighted by atomic mass is 9.94. The van der Waals surface area contributed by atoms with Crippen molar-refractivity contribution < 1.29 is 13.9 Å². The van der Waals surface area contributed by atoms with Crippen LogP contribution in [0, 0.1) is 20.8 Å². The molecule has 0 unspecified atom stereocenters. The molecule has 0 radical (unpaired) electrons. The second-order valence-electron chi connectivity index (χ2n) is 7.77. The van der Waals surface area contributed by atoms with Crippen molar-refractivity contribution in [3.63, 3.8) is 0 Å². The van der Waals surface area contributed by atoms with E-state index in [0.29, 0.717) is 13.2 Å². The standard InChI is InChI=1S/C26H31NO3/c1-7-11-27-24(28)13-18(5)21-14-22-23(20-10-9-16(3)12-17(20)4)15-30-26(22)19(6)25(21)29-8-2/h9-10,12-15H,7-8,11H2,1-6H3,(H,27,28)/b18-13+. The van der Waals surface area contributed by atoms with Crippen LogP contribution in [0.2, 0.25) is 0 Å². The van der Waals surface area contributed by atoms with Gasteiger partial charge in [-0.1, -0.05) is 30.7 Å². The van der Waals surface area contributed by atoms with E-state index in [9.17, 15) is 4.79 Å². The maximum absolute atomic E-state index is 12.3. The van der Waals surface area contributed by atoms with Gasteiger partial charge < -0.3 is 14.5 Å². The fourth-order valence-electron chi connectivity index (χ4n) is 3.84. The van der Waals surface area contributed by atoms with Crippen molar-refractivity contribution >= 4 is 22.4 Å². The Morgan fingerprint density at radius 3 is 2.57 bits per heavy atom. The summed E-state index contributed by atoms with van der Waals surface area (Å²) < 4.78 is 12.0. The lowest BCUT2D eigenvalue weighted by Gasteiger charge is -2.15. The summed E-state index contributed by atoms with van der Waals surface area (Å²) >= 11 is 0. The topological polar surface area (TPSA) is 51.5 Å². The van der Waals surface area contributed by atoms with Gasteiger partial charge in [-0.05, 0) is 63.8 Å². The summed E-state index contributed by atoms with van der Waals surface area (Å²) in [6.07, 6.45) is 4.37. The molecule has 3 rings (SSSR count). The van der Waals surface area contributed by atoms with Gasteiger partial charge in [0.05, 0.1) is 12.9 Å². The van der Waals surface area contributed by atoms with E-state index in [0.717, 1.165) is 51.0 Å². The zero-order valence-electron chi connectivity index (χ0n) is 18.8. The number of aryl methyl sites for hydroxylation is 3. The van der Waals surface area contributed by atoms with Gasteiger partial charge >= 0.3 is 0 Å². The Hall–Kier alpha value is -3.01. The van der Waals surface area contributed by atoms with Gasteiger partial charge in [-0.2, -0.15) is 0 Å². The number of carbonyl (C=O) groups is 1. The monoisotopic (exact) mass is 405 g/mol. The highest BCUT2D eigenvalue weighted by molar-refractivity contribution is 6.02. The summed E-state index contributed by atoms with van der Waals surface area (Å²) in [7, 11) is 0. The smallest absolute Gasteiger partial charge is 0.244 e. The number of amides is 1. The van der Waals surface area contributed by atoms with Gasteiger partial charge in [0.25, 0.3) is 0 Å². The molecule has 0 aliphatic heterocycles. The molecule has 1 heterocycles. The summed E-state index contributed by atoms with van der Waals surface area (Å²) in [6.45, 7) is 13.4. The number of benzene rings is 2. The number of fused-ring (bicyclic) bond motifs is 1. The predicted octanol–water partition coefficient (Wildman–Crippen LogP) is 6.35. The molecule has 0 saturated carbocycles. The van der Waals surface area contributed by atoms with E-state index in [2.05, 4.69) is 43.4 Å². The van der Waals surface area contributed by atoms with Gasteiger partial charge in [0, 0.05) is 34.7 Å². The van der Waals surface area contributed by atoms with Crippen LogP contribution in [-0.2, 0) is 4.79 Å². The van der Waals surface area contributed by atoms with Gasteiger partial charge in [0.15, 0.2) is 0 Å². The second kappa shape index (κ2) is 9.21. The van der Waals surface area contributed by atoms with E-state index < -0.39 is 0 Å². The van der Waals surface area contributed by atoms with E-state index in [-0.39, 0.29) is 5.91 Å². The molecule has 0 fully saturated rings. The van der Waals surface area contributed by atoms with Gasteiger partial charge in [-0.3, -0.25) is 4.79 Å². The molecule has 1 amide bonds. The van der Waals surface area contributed by atoms with Crippen LogP contribution in [0.25, 0.3) is 27.7 Å². The predicted molar refractivity (Wildman–Crippen MR) is 124 cm³/mol. The van der Waals surface area contributed by atoms with Gasteiger partial charge in [-0.15, -0.1) is 0 Å². The fraction of sp³-hybridized carbons (Fsp3) is 0.346. The third kappa shape index (κ3) is 4.28. The Kier molecular flexibility index (Phi) is 6.66. The van der Waals surface area contributed by atoms with E-state index in [1.54, 1.807) is 6.08 Å². The van der Waals surface area contributed by atoms with Crippen LogP contribution >= 0.6 is 0 Å². The SMILES string of the molecule is CCCNC(=O)/C=C(\C)c1cc2c(-c3ccc(C)cc3C)coc2c(C)c1OCC. The molecule has 1 aromatic heterocycles. The summed E-state index contributed by atoms with van der Waals surface area (Å²) in [5.74, 6) is 0.680. The third-order valence-corrected chi connectivity index (χ3v) is 5.33. The van der Waals surface area contributed by atoms with Crippen molar-refractivity contribution in [2.24, 2.45) is 0 Å². The zero-order chi connectivity index (χ0) is 21.8. The van der Waals surface area contributed by atoms with Crippen LogP contribution in [0.3, 0.4) is 0 Å². The normalized spacial score (nSPS) is 11.7. The van der Waals surface area contributed by atoms with Crippen molar-refractivity contribution in [2.45, 2.75) is 48.0 Å². The number of hydrogen-bond acceptors (Lipinski definition) is 3. The van der Waals surface area contributed by atoms with Crippen molar-refractivity contribution in [3.05, 3.63) is 58.9 Å². The molecule has 158 valence electrons. The summed E-state index contributed by atoms with van der Waals surface area (Å²) in [5.41, 5.74) is 8.19. The number of furan rings is 1. The Bertz CT molecular complexity index is 1110. The van der Waals surface area contributed by atoms with E-state index in [1.807, 2.05) is 34.0 Å².